The lowest BCUT2D eigenvalue weighted by Crippen LogP contribution is -2.52. The minimum atomic E-state index is -0.806. The number of hydrogen-bond acceptors (Lipinski definition) is 3. The highest BCUT2D eigenvalue weighted by Crippen LogP contribution is 2.38. The first-order valence-corrected chi connectivity index (χ1v) is 5.36. The average Bonchev–Trinajstić information content (AvgIpc) is 2.21. The summed E-state index contributed by atoms with van der Waals surface area (Å²) in [5, 5.41) is 0. The normalized spacial score (nSPS) is 17.9. The molecule has 1 heterocycles. The van der Waals surface area contributed by atoms with Gasteiger partial charge in [0.15, 0.2) is 5.60 Å². The fraction of sp³-hybridized carbons (Fsp3) is 0.417. The number of carbonyl (C=O) groups is 1. The summed E-state index contributed by atoms with van der Waals surface area (Å²) in [4.78, 5) is 13.8. The summed E-state index contributed by atoms with van der Waals surface area (Å²) < 4.78 is 5.67. The quantitative estimate of drug-likeness (QED) is 0.734. The number of likely N-dealkylation sites (N-methyl/N-ethyl adjacent to an activating group) is 1. The van der Waals surface area contributed by atoms with E-state index in [1.54, 1.807) is 30.9 Å². The van der Waals surface area contributed by atoms with E-state index in [1.807, 2.05) is 13.0 Å². The number of rotatable bonds is 1. The van der Waals surface area contributed by atoms with E-state index in [0.29, 0.717) is 18.0 Å². The number of anilines is 2. The van der Waals surface area contributed by atoms with Crippen LogP contribution in [-0.2, 0) is 4.79 Å². The van der Waals surface area contributed by atoms with Gasteiger partial charge < -0.3 is 15.4 Å². The maximum Gasteiger partial charge on any atom is 0.270 e. The number of ether oxygens (including phenoxy) is 1. The number of nitrogens with zero attached hydrogens (tertiary/aromatic N) is 1. The zero-order chi connectivity index (χ0) is 11.9. The summed E-state index contributed by atoms with van der Waals surface area (Å²) in [6, 6.07) is 5.35. The number of benzene rings is 1. The standard InChI is InChI=1S/C12H16N2O2/c1-4-14-9-7-8(13)5-6-10(9)16-12(2,3)11(14)15/h5-7H,4,13H2,1-3H3. The van der Waals surface area contributed by atoms with Gasteiger partial charge in [-0.15, -0.1) is 0 Å². The third-order valence-corrected chi connectivity index (χ3v) is 2.72. The van der Waals surface area contributed by atoms with E-state index >= 15 is 0 Å². The topological polar surface area (TPSA) is 55.6 Å². The molecule has 1 aliphatic heterocycles. The third-order valence-electron chi connectivity index (χ3n) is 2.72. The molecule has 16 heavy (non-hydrogen) atoms. The fourth-order valence-electron chi connectivity index (χ4n) is 1.90. The SMILES string of the molecule is CCN1C(=O)C(C)(C)Oc2ccc(N)cc21. The van der Waals surface area contributed by atoms with Crippen LogP contribution in [0.1, 0.15) is 20.8 Å². The molecule has 0 fully saturated rings. The maximum atomic E-state index is 12.1. The Kier molecular flexibility index (Phi) is 2.30. The molecule has 1 amide bonds. The van der Waals surface area contributed by atoms with Crippen molar-refractivity contribution in [3.63, 3.8) is 0 Å². The number of carbonyl (C=O) groups excluding carboxylic acids is 1. The summed E-state index contributed by atoms with van der Waals surface area (Å²) in [5.41, 5.74) is 6.30. The Labute approximate surface area is 95.0 Å². The number of amides is 1. The van der Waals surface area contributed by atoms with Crippen molar-refractivity contribution < 1.29 is 9.53 Å². The number of fused-ring (bicyclic) bond motifs is 1. The zero-order valence-electron chi connectivity index (χ0n) is 9.78. The van der Waals surface area contributed by atoms with Gasteiger partial charge in [0.2, 0.25) is 0 Å². The van der Waals surface area contributed by atoms with Crippen LogP contribution in [0.25, 0.3) is 0 Å². The van der Waals surface area contributed by atoms with Gasteiger partial charge in [0.05, 0.1) is 5.69 Å². The molecule has 2 N–H and O–H groups in total. The lowest BCUT2D eigenvalue weighted by atomic mass is 10.0. The van der Waals surface area contributed by atoms with Gasteiger partial charge in [-0.2, -0.15) is 0 Å². The van der Waals surface area contributed by atoms with Crippen molar-refractivity contribution in [2.45, 2.75) is 26.4 Å². The van der Waals surface area contributed by atoms with Gasteiger partial charge in [-0.05, 0) is 39.0 Å². The minimum absolute atomic E-state index is 0.0342. The maximum absolute atomic E-state index is 12.1. The van der Waals surface area contributed by atoms with Crippen LogP contribution < -0.4 is 15.4 Å². The second-order valence-electron chi connectivity index (χ2n) is 4.39. The van der Waals surface area contributed by atoms with Gasteiger partial charge in [-0.3, -0.25) is 4.79 Å². The Bertz CT molecular complexity index is 441. The van der Waals surface area contributed by atoms with Crippen LogP contribution in [0, 0.1) is 0 Å². The highest BCUT2D eigenvalue weighted by molar-refractivity contribution is 6.02. The summed E-state index contributed by atoms with van der Waals surface area (Å²) in [7, 11) is 0. The molecule has 0 unspecified atom stereocenters. The van der Waals surface area contributed by atoms with Crippen molar-refractivity contribution >= 4 is 17.3 Å². The van der Waals surface area contributed by atoms with Crippen molar-refractivity contribution in [3.8, 4) is 5.75 Å². The van der Waals surface area contributed by atoms with Gasteiger partial charge in [0, 0.05) is 12.2 Å². The molecule has 0 radical (unpaired) electrons. The van der Waals surface area contributed by atoms with Crippen LogP contribution in [0.2, 0.25) is 0 Å². The number of hydrogen-bond donors (Lipinski definition) is 1. The predicted octanol–water partition coefficient (Wildman–Crippen LogP) is 1.79. The van der Waals surface area contributed by atoms with Crippen LogP contribution in [-0.4, -0.2) is 18.1 Å². The smallest absolute Gasteiger partial charge is 0.270 e. The molecule has 1 aromatic rings. The van der Waals surface area contributed by atoms with Gasteiger partial charge in [-0.25, -0.2) is 0 Å². The van der Waals surface area contributed by atoms with Crippen molar-refractivity contribution in [3.05, 3.63) is 18.2 Å². The van der Waals surface area contributed by atoms with Gasteiger partial charge in [0.1, 0.15) is 5.75 Å². The Hall–Kier alpha value is -1.71. The van der Waals surface area contributed by atoms with Gasteiger partial charge in [0.25, 0.3) is 5.91 Å². The van der Waals surface area contributed by atoms with E-state index in [4.69, 9.17) is 10.5 Å². The molecular weight excluding hydrogens is 204 g/mol. The number of nitrogen functional groups attached to an aromatic ring is 1. The van der Waals surface area contributed by atoms with Crippen LogP contribution >= 0.6 is 0 Å². The zero-order valence-corrected chi connectivity index (χ0v) is 9.78. The summed E-state index contributed by atoms with van der Waals surface area (Å²) in [5.74, 6) is 0.675. The molecule has 0 aromatic heterocycles. The monoisotopic (exact) mass is 220 g/mol. The van der Waals surface area contributed by atoms with Crippen LogP contribution in [0.15, 0.2) is 18.2 Å². The Morgan fingerprint density at radius 1 is 1.44 bits per heavy atom. The predicted molar refractivity (Wildman–Crippen MR) is 63.6 cm³/mol. The van der Waals surface area contributed by atoms with Crippen LogP contribution in [0.4, 0.5) is 11.4 Å². The minimum Gasteiger partial charge on any atom is -0.476 e. The van der Waals surface area contributed by atoms with Gasteiger partial charge >= 0.3 is 0 Å². The fourth-order valence-corrected chi connectivity index (χ4v) is 1.90. The lowest BCUT2D eigenvalue weighted by molar-refractivity contribution is -0.132. The van der Waals surface area contributed by atoms with Crippen molar-refractivity contribution in [2.24, 2.45) is 0 Å². The second-order valence-corrected chi connectivity index (χ2v) is 4.39. The molecule has 0 atom stereocenters. The average molecular weight is 220 g/mol. The molecule has 1 aromatic carbocycles. The van der Waals surface area contributed by atoms with E-state index in [0.717, 1.165) is 5.69 Å². The van der Waals surface area contributed by atoms with Crippen molar-refractivity contribution in [1.82, 2.24) is 0 Å². The summed E-state index contributed by atoms with van der Waals surface area (Å²) in [6.07, 6.45) is 0. The van der Waals surface area contributed by atoms with E-state index in [1.165, 1.54) is 0 Å². The number of nitrogens with two attached hydrogens (primary N) is 1. The van der Waals surface area contributed by atoms with E-state index in [9.17, 15) is 4.79 Å². The molecule has 4 heteroatoms. The van der Waals surface area contributed by atoms with Crippen LogP contribution in [0.3, 0.4) is 0 Å². The lowest BCUT2D eigenvalue weighted by Gasteiger charge is -2.38. The van der Waals surface area contributed by atoms with E-state index in [2.05, 4.69) is 0 Å². The van der Waals surface area contributed by atoms with Crippen molar-refractivity contribution in [1.29, 1.82) is 0 Å². The molecule has 1 aliphatic rings. The van der Waals surface area contributed by atoms with Crippen molar-refractivity contribution in [2.75, 3.05) is 17.2 Å². The molecule has 86 valence electrons. The Balaban J connectivity index is 2.56. The largest absolute Gasteiger partial charge is 0.476 e. The summed E-state index contributed by atoms with van der Waals surface area (Å²) in [6.45, 7) is 6.10. The third kappa shape index (κ3) is 1.50. The van der Waals surface area contributed by atoms with E-state index in [-0.39, 0.29) is 5.91 Å². The summed E-state index contributed by atoms with van der Waals surface area (Å²) >= 11 is 0. The molecule has 0 bridgehead atoms. The van der Waals surface area contributed by atoms with E-state index < -0.39 is 5.60 Å². The Morgan fingerprint density at radius 3 is 2.75 bits per heavy atom. The Morgan fingerprint density at radius 2 is 2.12 bits per heavy atom. The highest BCUT2D eigenvalue weighted by Gasteiger charge is 2.40. The molecule has 0 spiro atoms. The molecule has 0 aliphatic carbocycles. The molecule has 4 nitrogen and oxygen atoms in total. The highest BCUT2D eigenvalue weighted by atomic mass is 16.5. The second kappa shape index (κ2) is 3.40. The molecule has 0 saturated carbocycles. The first-order chi connectivity index (χ1) is 7.45. The molecular formula is C12H16N2O2. The first kappa shape index (κ1) is 10.8. The van der Waals surface area contributed by atoms with Crippen LogP contribution in [0.5, 0.6) is 5.75 Å². The molecule has 2 rings (SSSR count). The first-order valence-electron chi connectivity index (χ1n) is 5.36. The van der Waals surface area contributed by atoms with Gasteiger partial charge in [-0.1, -0.05) is 0 Å². The molecule has 0 saturated heterocycles.